The maximum absolute atomic E-state index is 5.87. The van der Waals surface area contributed by atoms with E-state index in [9.17, 15) is 0 Å². The van der Waals surface area contributed by atoms with Gasteiger partial charge in [0.25, 0.3) is 0 Å². The van der Waals surface area contributed by atoms with Crippen LogP contribution in [0.5, 0.6) is 0 Å². The number of nitrogens with two attached hydrogens (primary N) is 1. The SMILES string of the molecule is CC1=NCCN1c1ccccc1N. The molecule has 0 aromatic heterocycles. The Hall–Kier alpha value is -1.51. The van der Waals surface area contributed by atoms with Crippen molar-refractivity contribution in [2.75, 3.05) is 23.7 Å². The van der Waals surface area contributed by atoms with E-state index in [1.807, 2.05) is 31.2 Å². The van der Waals surface area contributed by atoms with E-state index >= 15 is 0 Å². The number of benzene rings is 1. The van der Waals surface area contributed by atoms with Crippen molar-refractivity contribution >= 4 is 17.2 Å². The van der Waals surface area contributed by atoms with Gasteiger partial charge in [-0.2, -0.15) is 0 Å². The first-order chi connectivity index (χ1) is 6.29. The fourth-order valence-corrected chi connectivity index (χ4v) is 1.59. The van der Waals surface area contributed by atoms with Crippen LogP contribution in [0.3, 0.4) is 0 Å². The average molecular weight is 175 g/mol. The molecule has 0 spiro atoms. The molecule has 0 radical (unpaired) electrons. The Labute approximate surface area is 77.9 Å². The van der Waals surface area contributed by atoms with E-state index < -0.39 is 0 Å². The van der Waals surface area contributed by atoms with E-state index in [2.05, 4.69) is 9.89 Å². The van der Waals surface area contributed by atoms with E-state index in [4.69, 9.17) is 5.73 Å². The molecule has 1 aliphatic rings. The Bertz CT molecular complexity index is 344. The zero-order valence-electron chi connectivity index (χ0n) is 7.70. The molecule has 0 bridgehead atoms. The van der Waals surface area contributed by atoms with Crippen LogP contribution >= 0.6 is 0 Å². The number of rotatable bonds is 1. The highest BCUT2D eigenvalue weighted by atomic mass is 15.2. The van der Waals surface area contributed by atoms with Gasteiger partial charge in [0.2, 0.25) is 0 Å². The van der Waals surface area contributed by atoms with Crippen LogP contribution in [0.15, 0.2) is 29.3 Å². The van der Waals surface area contributed by atoms with Crippen molar-refractivity contribution in [3.8, 4) is 0 Å². The van der Waals surface area contributed by atoms with Gasteiger partial charge in [0, 0.05) is 6.54 Å². The number of hydrogen-bond donors (Lipinski definition) is 1. The third-order valence-electron chi connectivity index (χ3n) is 2.28. The molecule has 3 nitrogen and oxygen atoms in total. The van der Waals surface area contributed by atoms with E-state index in [0.717, 1.165) is 30.3 Å². The van der Waals surface area contributed by atoms with Crippen LogP contribution < -0.4 is 10.6 Å². The number of nitrogen functional groups attached to an aromatic ring is 1. The number of anilines is 2. The molecule has 1 heterocycles. The summed E-state index contributed by atoms with van der Waals surface area (Å²) < 4.78 is 0. The highest BCUT2D eigenvalue weighted by Gasteiger charge is 2.15. The fourth-order valence-electron chi connectivity index (χ4n) is 1.59. The minimum Gasteiger partial charge on any atom is -0.397 e. The smallest absolute Gasteiger partial charge is 0.100 e. The molecule has 0 atom stereocenters. The third-order valence-corrected chi connectivity index (χ3v) is 2.28. The molecule has 1 aromatic carbocycles. The highest BCUT2D eigenvalue weighted by Crippen LogP contribution is 2.24. The zero-order valence-corrected chi connectivity index (χ0v) is 7.70. The Morgan fingerprint density at radius 1 is 1.38 bits per heavy atom. The lowest BCUT2D eigenvalue weighted by atomic mass is 10.2. The summed E-state index contributed by atoms with van der Waals surface area (Å²) in [4.78, 5) is 6.47. The topological polar surface area (TPSA) is 41.6 Å². The van der Waals surface area contributed by atoms with E-state index in [0.29, 0.717) is 0 Å². The second-order valence-corrected chi connectivity index (χ2v) is 3.14. The molecule has 0 fully saturated rings. The molecular formula is C10H13N3. The summed E-state index contributed by atoms with van der Waals surface area (Å²) in [5.74, 6) is 1.05. The van der Waals surface area contributed by atoms with Crippen molar-refractivity contribution in [1.82, 2.24) is 0 Å². The Morgan fingerprint density at radius 2 is 2.15 bits per heavy atom. The van der Waals surface area contributed by atoms with E-state index in [1.54, 1.807) is 0 Å². The summed E-state index contributed by atoms with van der Waals surface area (Å²) in [5, 5.41) is 0. The molecule has 2 rings (SSSR count). The normalized spacial score (nSPS) is 16.1. The summed E-state index contributed by atoms with van der Waals surface area (Å²) >= 11 is 0. The average Bonchev–Trinajstić information content (AvgIpc) is 2.52. The van der Waals surface area contributed by atoms with Gasteiger partial charge in [0.15, 0.2) is 0 Å². The monoisotopic (exact) mass is 175 g/mol. The van der Waals surface area contributed by atoms with Crippen molar-refractivity contribution in [3.05, 3.63) is 24.3 Å². The Balaban J connectivity index is 2.36. The largest absolute Gasteiger partial charge is 0.397 e. The maximum Gasteiger partial charge on any atom is 0.100 e. The van der Waals surface area contributed by atoms with Crippen LogP contribution in [0.2, 0.25) is 0 Å². The molecule has 1 aromatic rings. The van der Waals surface area contributed by atoms with Gasteiger partial charge in [0.1, 0.15) is 5.84 Å². The van der Waals surface area contributed by atoms with Gasteiger partial charge in [0.05, 0.1) is 17.9 Å². The van der Waals surface area contributed by atoms with Gasteiger partial charge in [-0.25, -0.2) is 0 Å². The van der Waals surface area contributed by atoms with Gasteiger partial charge in [-0.3, -0.25) is 4.99 Å². The minimum atomic E-state index is 0.818. The fraction of sp³-hybridized carbons (Fsp3) is 0.300. The molecule has 0 amide bonds. The number of aliphatic imine (C=N–C) groups is 1. The van der Waals surface area contributed by atoms with Crippen molar-refractivity contribution in [2.24, 2.45) is 4.99 Å². The van der Waals surface area contributed by atoms with Crippen LogP contribution in [-0.2, 0) is 0 Å². The zero-order chi connectivity index (χ0) is 9.26. The lowest BCUT2D eigenvalue weighted by Gasteiger charge is -2.19. The summed E-state index contributed by atoms with van der Waals surface area (Å²) in [6, 6.07) is 7.89. The maximum atomic E-state index is 5.87. The van der Waals surface area contributed by atoms with Gasteiger partial charge < -0.3 is 10.6 Å². The predicted molar refractivity (Wildman–Crippen MR) is 56.2 cm³/mol. The summed E-state index contributed by atoms with van der Waals surface area (Å²) in [7, 11) is 0. The molecule has 3 heteroatoms. The number of amidine groups is 1. The molecule has 0 aliphatic carbocycles. The third kappa shape index (κ3) is 1.37. The number of nitrogens with zero attached hydrogens (tertiary/aromatic N) is 2. The Morgan fingerprint density at radius 3 is 2.77 bits per heavy atom. The lowest BCUT2D eigenvalue weighted by molar-refractivity contribution is 1.02. The molecule has 1 aliphatic heterocycles. The minimum absolute atomic E-state index is 0.818. The van der Waals surface area contributed by atoms with E-state index in [-0.39, 0.29) is 0 Å². The summed E-state index contributed by atoms with van der Waals surface area (Å²) in [6.45, 7) is 3.83. The molecule has 0 unspecified atom stereocenters. The molecule has 0 saturated heterocycles. The molecular weight excluding hydrogens is 162 g/mol. The summed E-state index contributed by atoms with van der Waals surface area (Å²) in [6.07, 6.45) is 0. The molecule has 2 N–H and O–H groups in total. The quantitative estimate of drug-likeness (QED) is 0.657. The van der Waals surface area contributed by atoms with Crippen molar-refractivity contribution in [2.45, 2.75) is 6.92 Å². The van der Waals surface area contributed by atoms with Crippen molar-refractivity contribution < 1.29 is 0 Å². The van der Waals surface area contributed by atoms with Crippen LogP contribution in [-0.4, -0.2) is 18.9 Å². The van der Waals surface area contributed by atoms with Crippen molar-refractivity contribution in [3.63, 3.8) is 0 Å². The lowest BCUT2D eigenvalue weighted by Crippen LogP contribution is -2.25. The second-order valence-electron chi connectivity index (χ2n) is 3.14. The summed E-state index contributed by atoms with van der Waals surface area (Å²) in [5.41, 5.74) is 7.76. The predicted octanol–water partition coefficient (Wildman–Crippen LogP) is 1.51. The molecule has 0 saturated carbocycles. The van der Waals surface area contributed by atoms with Gasteiger partial charge in [-0.1, -0.05) is 12.1 Å². The molecule has 13 heavy (non-hydrogen) atoms. The van der Waals surface area contributed by atoms with Gasteiger partial charge >= 0.3 is 0 Å². The van der Waals surface area contributed by atoms with Crippen LogP contribution in [0, 0.1) is 0 Å². The first-order valence-corrected chi connectivity index (χ1v) is 4.42. The second kappa shape index (κ2) is 3.09. The van der Waals surface area contributed by atoms with Crippen LogP contribution in [0.1, 0.15) is 6.92 Å². The first kappa shape index (κ1) is 8.10. The highest BCUT2D eigenvalue weighted by molar-refractivity contribution is 5.99. The standard InChI is InChI=1S/C10H13N3/c1-8-12-6-7-13(8)10-5-3-2-4-9(10)11/h2-5H,6-7,11H2,1H3. The van der Waals surface area contributed by atoms with Gasteiger partial charge in [-0.15, -0.1) is 0 Å². The Kier molecular flexibility index (Phi) is 1.93. The van der Waals surface area contributed by atoms with E-state index in [1.165, 1.54) is 0 Å². The van der Waals surface area contributed by atoms with Crippen LogP contribution in [0.4, 0.5) is 11.4 Å². The van der Waals surface area contributed by atoms with Gasteiger partial charge in [-0.05, 0) is 19.1 Å². The van der Waals surface area contributed by atoms with Crippen molar-refractivity contribution in [1.29, 1.82) is 0 Å². The number of hydrogen-bond acceptors (Lipinski definition) is 3. The van der Waals surface area contributed by atoms with Crippen LogP contribution in [0.25, 0.3) is 0 Å². The first-order valence-electron chi connectivity index (χ1n) is 4.42. The molecule has 68 valence electrons. The number of para-hydroxylation sites is 2.